The van der Waals surface area contributed by atoms with E-state index in [0.29, 0.717) is 35.6 Å². The smallest absolute Gasteiger partial charge is 0.331 e. The predicted octanol–water partition coefficient (Wildman–Crippen LogP) is 2.91. The lowest BCUT2D eigenvalue weighted by Crippen LogP contribution is -2.40. The highest BCUT2D eigenvalue weighted by Crippen LogP contribution is 2.20. The Bertz CT molecular complexity index is 1350. The highest BCUT2D eigenvalue weighted by Gasteiger charge is 2.16. The largest absolute Gasteiger partial charge is 0.385 e. The van der Waals surface area contributed by atoms with E-state index in [4.69, 9.17) is 9.26 Å². The van der Waals surface area contributed by atoms with E-state index < -0.39 is 5.69 Å². The van der Waals surface area contributed by atoms with E-state index in [1.807, 2.05) is 32.0 Å². The van der Waals surface area contributed by atoms with Crippen LogP contribution in [-0.2, 0) is 17.8 Å². The Labute approximate surface area is 178 Å². The first kappa shape index (κ1) is 20.7. The van der Waals surface area contributed by atoms with Gasteiger partial charge in [0.1, 0.15) is 6.54 Å². The van der Waals surface area contributed by atoms with Crippen LogP contribution in [0.5, 0.6) is 0 Å². The van der Waals surface area contributed by atoms with Crippen molar-refractivity contribution in [2.24, 2.45) is 0 Å². The van der Waals surface area contributed by atoms with Crippen LogP contribution in [0.2, 0.25) is 0 Å². The number of para-hydroxylation sites is 1. The Morgan fingerprint density at radius 1 is 1.03 bits per heavy atom. The molecule has 0 unspecified atom stereocenters. The summed E-state index contributed by atoms with van der Waals surface area (Å²) in [7, 11) is 1.59. The predicted molar refractivity (Wildman–Crippen MR) is 117 cm³/mol. The van der Waals surface area contributed by atoms with Crippen LogP contribution < -0.4 is 11.2 Å². The molecule has 0 radical (unpaired) electrons. The normalized spacial score (nSPS) is 11.3. The molecular formula is C23H24N4O4. The zero-order chi connectivity index (χ0) is 22.0. The highest BCUT2D eigenvalue weighted by molar-refractivity contribution is 5.77. The van der Waals surface area contributed by atoms with Gasteiger partial charge in [-0.1, -0.05) is 29.4 Å². The molecule has 0 aliphatic heterocycles. The number of fused-ring (bicyclic) bond motifs is 1. The number of hydrogen-bond donors (Lipinski definition) is 0. The highest BCUT2D eigenvalue weighted by atomic mass is 16.5. The van der Waals surface area contributed by atoms with Crippen molar-refractivity contribution in [3.8, 4) is 11.4 Å². The second-order valence-electron chi connectivity index (χ2n) is 7.50. The summed E-state index contributed by atoms with van der Waals surface area (Å²) >= 11 is 0. The molecule has 0 amide bonds. The molecule has 4 rings (SSSR count). The number of ether oxygens (including phenoxy) is 1. The second kappa shape index (κ2) is 8.69. The summed E-state index contributed by atoms with van der Waals surface area (Å²) in [4.78, 5) is 30.5. The number of aromatic nitrogens is 4. The van der Waals surface area contributed by atoms with Gasteiger partial charge in [-0.05, 0) is 49.6 Å². The van der Waals surface area contributed by atoms with E-state index >= 15 is 0 Å². The second-order valence-corrected chi connectivity index (χ2v) is 7.50. The quantitative estimate of drug-likeness (QED) is 0.427. The minimum absolute atomic E-state index is 0.0712. The van der Waals surface area contributed by atoms with Crippen molar-refractivity contribution >= 4 is 10.9 Å². The van der Waals surface area contributed by atoms with Crippen molar-refractivity contribution in [3.05, 3.63) is 80.3 Å². The summed E-state index contributed by atoms with van der Waals surface area (Å²) in [5, 5.41) is 4.54. The summed E-state index contributed by atoms with van der Waals surface area (Å²) in [6, 6.07) is 13.0. The van der Waals surface area contributed by atoms with Crippen molar-refractivity contribution < 1.29 is 9.26 Å². The Morgan fingerprint density at radius 3 is 2.61 bits per heavy atom. The summed E-state index contributed by atoms with van der Waals surface area (Å²) in [5.41, 5.74) is 2.97. The topological polar surface area (TPSA) is 92.2 Å². The molecule has 0 fully saturated rings. The summed E-state index contributed by atoms with van der Waals surface area (Å²) < 4.78 is 13.2. The van der Waals surface area contributed by atoms with Crippen LogP contribution in [0.4, 0.5) is 0 Å². The fourth-order valence-corrected chi connectivity index (χ4v) is 3.54. The number of hydrogen-bond acceptors (Lipinski definition) is 6. The summed E-state index contributed by atoms with van der Waals surface area (Å²) in [5.74, 6) is 0.756. The maximum absolute atomic E-state index is 13.2. The first-order chi connectivity index (χ1) is 15.0. The number of aryl methyl sites for hydroxylation is 2. The fraction of sp³-hybridized carbons (Fsp3) is 0.304. The molecule has 2 heterocycles. The first-order valence-electron chi connectivity index (χ1n) is 10.1. The Morgan fingerprint density at radius 2 is 1.84 bits per heavy atom. The van der Waals surface area contributed by atoms with Crippen LogP contribution in [0.3, 0.4) is 0 Å². The maximum Gasteiger partial charge on any atom is 0.331 e. The Hall–Kier alpha value is -3.52. The Kier molecular flexibility index (Phi) is 5.81. The monoisotopic (exact) mass is 420 g/mol. The molecule has 0 aliphatic carbocycles. The van der Waals surface area contributed by atoms with Crippen molar-refractivity contribution in [1.82, 2.24) is 19.3 Å². The van der Waals surface area contributed by atoms with E-state index in [9.17, 15) is 9.59 Å². The van der Waals surface area contributed by atoms with Crippen LogP contribution in [-0.4, -0.2) is 33.0 Å². The van der Waals surface area contributed by atoms with E-state index in [2.05, 4.69) is 10.1 Å². The molecule has 0 spiro atoms. The third kappa shape index (κ3) is 4.06. The van der Waals surface area contributed by atoms with E-state index in [1.165, 1.54) is 14.7 Å². The van der Waals surface area contributed by atoms with Crippen molar-refractivity contribution in [1.29, 1.82) is 0 Å². The molecule has 160 valence electrons. The average Bonchev–Trinajstić information content (AvgIpc) is 3.24. The standard InChI is InChI=1S/C23H24N4O4/c1-15-9-10-17(13-16(15)2)21-24-20(31-25-21)14-27-19-8-5-4-7-18(19)22(28)26(23(27)29)11-6-12-30-3/h4-5,7-10,13H,6,11-12,14H2,1-3H3. The van der Waals surface area contributed by atoms with Gasteiger partial charge in [0.2, 0.25) is 11.7 Å². The van der Waals surface area contributed by atoms with Crippen molar-refractivity contribution in [2.45, 2.75) is 33.4 Å². The third-order valence-corrected chi connectivity index (χ3v) is 5.39. The number of benzene rings is 2. The third-order valence-electron chi connectivity index (χ3n) is 5.39. The van der Waals surface area contributed by atoms with Gasteiger partial charge in [-0.3, -0.25) is 13.9 Å². The van der Waals surface area contributed by atoms with Crippen LogP contribution >= 0.6 is 0 Å². The van der Waals surface area contributed by atoms with E-state index in [1.54, 1.807) is 31.4 Å². The van der Waals surface area contributed by atoms with Crippen LogP contribution in [0.15, 0.2) is 56.6 Å². The molecule has 0 saturated heterocycles. The molecule has 2 aromatic heterocycles. The lowest BCUT2D eigenvalue weighted by atomic mass is 10.1. The van der Waals surface area contributed by atoms with Gasteiger partial charge in [-0.25, -0.2) is 4.79 Å². The SMILES string of the molecule is COCCCn1c(=O)c2ccccc2n(Cc2nc(-c3ccc(C)c(C)c3)no2)c1=O. The molecule has 31 heavy (non-hydrogen) atoms. The molecule has 2 aromatic carbocycles. The zero-order valence-electron chi connectivity index (χ0n) is 17.8. The summed E-state index contributed by atoms with van der Waals surface area (Å²) in [6.45, 7) is 4.87. The van der Waals surface area contributed by atoms with Crippen LogP contribution in [0.25, 0.3) is 22.3 Å². The molecule has 0 atom stereocenters. The van der Waals surface area contributed by atoms with Crippen molar-refractivity contribution in [3.63, 3.8) is 0 Å². The van der Waals surface area contributed by atoms with Crippen LogP contribution in [0, 0.1) is 13.8 Å². The van der Waals surface area contributed by atoms with Gasteiger partial charge in [-0.15, -0.1) is 0 Å². The van der Waals surface area contributed by atoms with Gasteiger partial charge >= 0.3 is 5.69 Å². The zero-order valence-corrected chi connectivity index (χ0v) is 17.8. The molecule has 0 saturated carbocycles. The molecular weight excluding hydrogens is 396 g/mol. The minimum atomic E-state index is -0.411. The van der Waals surface area contributed by atoms with E-state index in [-0.39, 0.29) is 18.6 Å². The molecule has 8 nitrogen and oxygen atoms in total. The fourth-order valence-electron chi connectivity index (χ4n) is 3.54. The average molecular weight is 420 g/mol. The number of methoxy groups -OCH3 is 1. The summed E-state index contributed by atoms with van der Waals surface area (Å²) in [6.07, 6.45) is 0.557. The molecule has 8 heteroatoms. The van der Waals surface area contributed by atoms with Gasteiger partial charge in [0.15, 0.2) is 0 Å². The lowest BCUT2D eigenvalue weighted by Gasteiger charge is -2.12. The number of rotatable bonds is 7. The van der Waals surface area contributed by atoms with Crippen molar-refractivity contribution in [2.75, 3.05) is 13.7 Å². The number of nitrogens with zero attached hydrogens (tertiary/aromatic N) is 4. The minimum Gasteiger partial charge on any atom is -0.385 e. The van der Waals surface area contributed by atoms with Gasteiger partial charge in [0.25, 0.3) is 5.56 Å². The molecule has 4 aromatic rings. The lowest BCUT2D eigenvalue weighted by molar-refractivity contribution is 0.189. The molecule has 0 aliphatic rings. The van der Waals surface area contributed by atoms with Gasteiger partial charge in [0.05, 0.1) is 10.9 Å². The van der Waals surface area contributed by atoms with Gasteiger partial charge < -0.3 is 9.26 Å². The molecule has 0 N–H and O–H groups in total. The Balaban J connectivity index is 1.74. The van der Waals surface area contributed by atoms with Gasteiger partial charge in [0, 0.05) is 25.8 Å². The first-order valence-corrected chi connectivity index (χ1v) is 10.1. The van der Waals surface area contributed by atoms with E-state index in [0.717, 1.165) is 11.1 Å². The van der Waals surface area contributed by atoms with Gasteiger partial charge in [-0.2, -0.15) is 4.98 Å². The maximum atomic E-state index is 13.2. The van der Waals surface area contributed by atoms with Crippen LogP contribution in [0.1, 0.15) is 23.4 Å². The molecule has 0 bridgehead atoms.